The summed E-state index contributed by atoms with van der Waals surface area (Å²) in [6.07, 6.45) is 0. The summed E-state index contributed by atoms with van der Waals surface area (Å²) >= 11 is 1.43. The van der Waals surface area contributed by atoms with Crippen LogP contribution in [-0.2, 0) is 17.9 Å². The van der Waals surface area contributed by atoms with E-state index in [9.17, 15) is 9.18 Å². The molecule has 0 atom stereocenters. The van der Waals surface area contributed by atoms with Gasteiger partial charge in [0.05, 0.1) is 17.7 Å². The van der Waals surface area contributed by atoms with Crippen LogP contribution in [-0.4, -0.2) is 15.9 Å². The molecular formula is C15H14FN3O2S. The lowest BCUT2D eigenvalue weighted by molar-refractivity contribution is -0.119. The Morgan fingerprint density at radius 1 is 1.55 bits per heavy atom. The smallest absolute Gasteiger partial charge is 0.217 e. The molecule has 2 heterocycles. The summed E-state index contributed by atoms with van der Waals surface area (Å²) in [5.74, 6) is -1.47. The highest BCUT2D eigenvalue weighted by atomic mass is 32.1. The van der Waals surface area contributed by atoms with E-state index in [2.05, 4.69) is 15.3 Å². The number of amides is 1. The third-order valence-electron chi connectivity index (χ3n) is 3.03. The maximum Gasteiger partial charge on any atom is 0.217 e. The standard InChI is InChI=1S/C15H14FN3O2S/c1-9(20)17-5-11-2-10-3-13(16)15(4-14(10)19-11)21-6-12-7-22-8-18-12/h2-4,7-8,19H,5-6H2,1H3,(H,17,20)/i1D3. The van der Waals surface area contributed by atoms with Crippen LogP contribution in [0.3, 0.4) is 0 Å². The number of carbonyl (C=O) groups excluding carboxylic acids is 1. The lowest BCUT2D eigenvalue weighted by Gasteiger charge is -2.05. The number of carbonyl (C=O) groups is 1. The Balaban J connectivity index is 1.73. The van der Waals surface area contributed by atoms with E-state index in [-0.39, 0.29) is 18.9 Å². The van der Waals surface area contributed by atoms with Crippen molar-refractivity contribution in [2.24, 2.45) is 0 Å². The van der Waals surface area contributed by atoms with E-state index in [1.54, 1.807) is 11.6 Å². The van der Waals surface area contributed by atoms with Gasteiger partial charge >= 0.3 is 0 Å². The average molecular weight is 322 g/mol. The van der Waals surface area contributed by atoms with E-state index >= 15 is 0 Å². The molecule has 0 aliphatic carbocycles. The van der Waals surface area contributed by atoms with Gasteiger partial charge in [0.25, 0.3) is 0 Å². The number of nitrogens with one attached hydrogen (secondary N) is 2. The summed E-state index contributed by atoms with van der Waals surface area (Å²) in [5, 5.41) is 4.72. The minimum absolute atomic E-state index is 0.00252. The maximum absolute atomic E-state index is 14.1. The molecule has 2 N–H and O–H groups in total. The number of nitrogens with zero attached hydrogens (tertiary/aromatic N) is 1. The van der Waals surface area contributed by atoms with Gasteiger partial charge in [-0.15, -0.1) is 11.3 Å². The van der Waals surface area contributed by atoms with Crippen molar-refractivity contribution in [1.82, 2.24) is 15.3 Å². The van der Waals surface area contributed by atoms with Gasteiger partial charge in [-0.3, -0.25) is 4.79 Å². The zero-order chi connectivity index (χ0) is 18.0. The first-order valence-corrected chi connectivity index (χ1v) is 7.36. The lowest BCUT2D eigenvalue weighted by atomic mass is 10.2. The fraction of sp³-hybridized carbons (Fsp3) is 0.200. The van der Waals surface area contributed by atoms with Gasteiger partial charge in [0.1, 0.15) is 6.61 Å². The van der Waals surface area contributed by atoms with Crippen LogP contribution in [0.2, 0.25) is 0 Å². The van der Waals surface area contributed by atoms with Gasteiger partial charge in [-0.25, -0.2) is 9.37 Å². The van der Waals surface area contributed by atoms with Crippen LogP contribution in [0.5, 0.6) is 5.75 Å². The SMILES string of the molecule is [2H]C([2H])([2H])C(=O)NCc1cc2cc(F)c(OCc3cscn3)cc2[nH]1. The van der Waals surface area contributed by atoms with Crippen LogP contribution < -0.4 is 10.1 Å². The number of H-pyrrole nitrogens is 1. The molecule has 0 saturated carbocycles. The van der Waals surface area contributed by atoms with Crippen LogP contribution in [0.15, 0.2) is 29.1 Å². The number of ether oxygens (including phenoxy) is 1. The van der Waals surface area contributed by atoms with Crippen LogP contribution in [0.1, 0.15) is 22.4 Å². The van der Waals surface area contributed by atoms with Crippen LogP contribution in [0.25, 0.3) is 10.9 Å². The molecule has 0 aliphatic rings. The molecule has 2 aromatic heterocycles. The van der Waals surface area contributed by atoms with E-state index in [1.165, 1.54) is 23.5 Å². The molecule has 0 bridgehead atoms. The van der Waals surface area contributed by atoms with Gasteiger partial charge in [0, 0.05) is 39.0 Å². The van der Waals surface area contributed by atoms with Crippen molar-refractivity contribution in [2.75, 3.05) is 0 Å². The van der Waals surface area contributed by atoms with Gasteiger partial charge in [-0.1, -0.05) is 0 Å². The van der Waals surface area contributed by atoms with E-state index in [0.717, 1.165) is 0 Å². The number of rotatable bonds is 5. The number of aromatic nitrogens is 2. The second-order valence-corrected chi connectivity index (χ2v) is 5.33. The van der Waals surface area contributed by atoms with Crippen LogP contribution in [0.4, 0.5) is 4.39 Å². The van der Waals surface area contributed by atoms with Crippen molar-refractivity contribution in [3.8, 4) is 5.75 Å². The highest BCUT2D eigenvalue weighted by molar-refractivity contribution is 7.07. The van der Waals surface area contributed by atoms with Gasteiger partial charge in [-0.2, -0.15) is 0 Å². The number of fused-ring (bicyclic) bond motifs is 1. The summed E-state index contributed by atoms with van der Waals surface area (Å²) in [4.78, 5) is 18.5. The Labute approximate surface area is 134 Å². The van der Waals surface area contributed by atoms with Gasteiger partial charge in [0.2, 0.25) is 5.91 Å². The van der Waals surface area contributed by atoms with Crippen molar-refractivity contribution in [1.29, 1.82) is 0 Å². The molecule has 0 spiro atoms. The Kier molecular flexibility index (Phi) is 3.13. The molecule has 22 heavy (non-hydrogen) atoms. The van der Waals surface area contributed by atoms with E-state index in [0.29, 0.717) is 22.3 Å². The summed E-state index contributed by atoms with van der Waals surface area (Å²) in [5.41, 5.74) is 3.56. The first-order valence-electron chi connectivity index (χ1n) is 7.92. The Morgan fingerprint density at radius 3 is 3.23 bits per heavy atom. The van der Waals surface area contributed by atoms with Crippen molar-refractivity contribution in [2.45, 2.75) is 20.0 Å². The van der Waals surface area contributed by atoms with Gasteiger partial charge in [0.15, 0.2) is 11.6 Å². The predicted molar refractivity (Wildman–Crippen MR) is 82.2 cm³/mol. The number of aromatic amines is 1. The number of hydrogen-bond donors (Lipinski definition) is 2. The summed E-state index contributed by atoms with van der Waals surface area (Å²) in [6.45, 7) is -2.54. The fourth-order valence-corrected chi connectivity index (χ4v) is 2.58. The molecule has 1 amide bonds. The first kappa shape index (κ1) is 11.2. The molecular weight excluding hydrogens is 305 g/mol. The molecule has 1 aromatic carbocycles. The Morgan fingerprint density at radius 2 is 2.45 bits per heavy atom. The fourth-order valence-electron chi connectivity index (χ4n) is 2.04. The van der Waals surface area contributed by atoms with Gasteiger partial charge < -0.3 is 15.0 Å². The molecule has 0 unspecified atom stereocenters. The monoisotopic (exact) mass is 322 g/mol. The van der Waals surface area contributed by atoms with E-state index < -0.39 is 18.6 Å². The first-order chi connectivity index (χ1) is 11.8. The van der Waals surface area contributed by atoms with Crippen molar-refractivity contribution < 1.29 is 18.0 Å². The molecule has 0 radical (unpaired) electrons. The quantitative estimate of drug-likeness (QED) is 0.759. The van der Waals surface area contributed by atoms with E-state index in [4.69, 9.17) is 8.85 Å². The molecule has 114 valence electrons. The number of hydrogen-bond acceptors (Lipinski definition) is 4. The van der Waals surface area contributed by atoms with Crippen molar-refractivity contribution >= 4 is 28.1 Å². The number of thiazole rings is 1. The summed E-state index contributed by atoms with van der Waals surface area (Å²) in [6, 6.07) is 4.48. The molecule has 3 rings (SSSR count). The average Bonchev–Trinajstić information content (AvgIpc) is 3.18. The number of halogens is 1. The van der Waals surface area contributed by atoms with Crippen LogP contribution in [0, 0.1) is 5.82 Å². The molecule has 0 saturated heterocycles. The molecule has 5 nitrogen and oxygen atoms in total. The van der Waals surface area contributed by atoms with Crippen molar-refractivity contribution in [3.63, 3.8) is 0 Å². The predicted octanol–water partition coefficient (Wildman–Crippen LogP) is 2.98. The minimum Gasteiger partial charge on any atom is -0.484 e. The number of benzene rings is 1. The highest BCUT2D eigenvalue weighted by Gasteiger charge is 2.10. The summed E-state index contributed by atoms with van der Waals surface area (Å²) < 4.78 is 40.6. The lowest BCUT2D eigenvalue weighted by Crippen LogP contribution is -2.18. The zero-order valence-corrected chi connectivity index (χ0v) is 12.2. The van der Waals surface area contributed by atoms with Gasteiger partial charge in [-0.05, 0) is 12.1 Å². The van der Waals surface area contributed by atoms with Crippen LogP contribution >= 0.6 is 11.3 Å². The zero-order valence-electron chi connectivity index (χ0n) is 14.4. The molecule has 0 fully saturated rings. The Bertz CT molecular complexity index is 893. The van der Waals surface area contributed by atoms with Crippen molar-refractivity contribution in [3.05, 3.63) is 46.3 Å². The second-order valence-electron chi connectivity index (χ2n) is 4.62. The Hall–Kier alpha value is -2.41. The minimum atomic E-state index is -2.70. The molecule has 3 aromatic rings. The largest absolute Gasteiger partial charge is 0.484 e. The highest BCUT2D eigenvalue weighted by Crippen LogP contribution is 2.26. The third kappa shape index (κ3) is 3.25. The molecule has 7 heteroatoms. The molecule has 0 aliphatic heterocycles. The summed E-state index contributed by atoms with van der Waals surface area (Å²) in [7, 11) is 0. The third-order valence-corrected chi connectivity index (χ3v) is 3.66. The topological polar surface area (TPSA) is 67.0 Å². The normalized spacial score (nSPS) is 13.4. The maximum atomic E-state index is 14.1. The van der Waals surface area contributed by atoms with E-state index in [1.807, 2.05) is 5.38 Å². The second kappa shape index (κ2) is 6.15.